The third-order valence-corrected chi connectivity index (χ3v) is 5.27. The Morgan fingerprint density at radius 2 is 1.96 bits per heavy atom. The molecule has 2 fully saturated rings. The van der Waals surface area contributed by atoms with Gasteiger partial charge in [-0.2, -0.15) is 0 Å². The lowest BCUT2D eigenvalue weighted by Crippen LogP contribution is -2.66. The molecule has 0 N–H and O–H groups in total. The molecular weight excluding hydrogens is 330 g/mol. The number of carbonyl (C=O) groups excluding carboxylic acids is 2. The van der Waals surface area contributed by atoms with E-state index in [1.807, 2.05) is 30.3 Å². The van der Waals surface area contributed by atoms with Crippen LogP contribution >= 0.6 is 0 Å². The number of benzene rings is 1. The van der Waals surface area contributed by atoms with Crippen LogP contribution in [0, 0.1) is 0 Å². The van der Waals surface area contributed by atoms with Crippen molar-refractivity contribution in [3.8, 4) is 0 Å². The van der Waals surface area contributed by atoms with Crippen LogP contribution in [0.2, 0.25) is 0 Å². The fourth-order valence-corrected chi connectivity index (χ4v) is 4.00. The molecule has 1 aromatic carbocycles. The van der Waals surface area contributed by atoms with Crippen LogP contribution in [0.15, 0.2) is 48.9 Å². The number of hydrogen-bond acceptors (Lipinski definition) is 5. The van der Waals surface area contributed by atoms with Gasteiger partial charge in [-0.05, 0) is 18.6 Å². The van der Waals surface area contributed by atoms with Crippen LogP contribution in [-0.4, -0.2) is 58.4 Å². The van der Waals surface area contributed by atoms with Crippen LogP contribution in [0.1, 0.15) is 13.3 Å². The molecule has 2 aliphatic rings. The van der Waals surface area contributed by atoms with Gasteiger partial charge in [0.2, 0.25) is 11.8 Å². The minimum Gasteiger partial charge on any atom is -0.353 e. The van der Waals surface area contributed by atoms with Gasteiger partial charge >= 0.3 is 0 Å². The fourth-order valence-electron chi connectivity index (χ4n) is 4.00. The second kappa shape index (κ2) is 6.40. The van der Waals surface area contributed by atoms with Crippen molar-refractivity contribution >= 4 is 23.3 Å². The molecule has 1 aromatic heterocycles. The van der Waals surface area contributed by atoms with Gasteiger partial charge in [-0.1, -0.05) is 18.2 Å². The van der Waals surface area contributed by atoms with Gasteiger partial charge < -0.3 is 14.7 Å². The molecule has 7 heteroatoms. The molecule has 2 aromatic rings. The number of carbonyl (C=O) groups is 2. The van der Waals surface area contributed by atoms with Crippen LogP contribution in [0.5, 0.6) is 0 Å². The summed E-state index contributed by atoms with van der Waals surface area (Å²) in [5, 5.41) is 0. The maximum absolute atomic E-state index is 12.7. The van der Waals surface area contributed by atoms with Crippen molar-refractivity contribution in [1.29, 1.82) is 0 Å². The highest BCUT2D eigenvalue weighted by Gasteiger charge is 2.50. The monoisotopic (exact) mass is 351 g/mol. The molecule has 0 bridgehead atoms. The predicted octanol–water partition coefficient (Wildman–Crippen LogP) is 1.32. The highest BCUT2D eigenvalue weighted by Crippen LogP contribution is 2.35. The second-order valence-corrected chi connectivity index (χ2v) is 6.88. The third kappa shape index (κ3) is 2.79. The smallest absolute Gasteiger partial charge is 0.246 e. The largest absolute Gasteiger partial charge is 0.353 e. The van der Waals surface area contributed by atoms with Crippen LogP contribution in [0.4, 0.5) is 11.5 Å². The first-order chi connectivity index (χ1) is 12.6. The molecular formula is C19H21N5O2. The summed E-state index contributed by atoms with van der Waals surface area (Å²) in [5.74, 6) is 0.693. The van der Waals surface area contributed by atoms with Crippen molar-refractivity contribution in [3.05, 3.63) is 48.9 Å². The molecule has 0 radical (unpaired) electrons. The summed E-state index contributed by atoms with van der Waals surface area (Å²) >= 11 is 0. The van der Waals surface area contributed by atoms with Gasteiger partial charge in [0, 0.05) is 38.1 Å². The summed E-state index contributed by atoms with van der Waals surface area (Å²) < 4.78 is 0. The molecule has 2 aliphatic heterocycles. The predicted molar refractivity (Wildman–Crippen MR) is 97.8 cm³/mol. The normalized spacial score (nSPS) is 23.0. The number of para-hydroxylation sites is 1. The highest BCUT2D eigenvalue weighted by atomic mass is 16.2. The number of anilines is 2. The van der Waals surface area contributed by atoms with Gasteiger partial charge in [0.25, 0.3) is 0 Å². The second-order valence-electron chi connectivity index (χ2n) is 6.88. The first-order valence-corrected chi connectivity index (χ1v) is 8.74. The summed E-state index contributed by atoms with van der Waals surface area (Å²) in [4.78, 5) is 39.2. The lowest BCUT2D eigenvalue weighted by molar-refractivity contribution is -0.142. The Bertz CT molecular complexity index is 813. The number of rotatable bonds is 2. The summed E-state index contributed by atoms with van der Waals surface area (Å²) in [6.07, 6.45) is 5.84. The molecule has 4 rings (SSSR count). The number of hydrogen-bond donors (Lipinski definition) is 0. The van der Waals surface area contributed by atoms with Crippen molar-refractivity contribution < 1.29 is 9.59 Å². The molecule has 134 valence electrons. The van der Waals surface area contributed by atoms with Crippen molar-refractivity contribution in [3.63, 3.8) is 0 Å². The van der Waals surface area contributed by atoms with E-state index >= 15 is 0 Å². The lowest BCUT2D eigenvalue weighted by atomic mass is 9.91. The zero-order chi connectivity index (χ0) is 18.1. The quantitative estimate of drug-likeness (QED) is 0.816. The molecule has 1 atom stereocenters. The zero-order valence-corrected chi connectivity index (χ0v) is 14.7. The maximum atomic E-state index is 12.7. The molecule has 0 saturated carbocycles. The van der Waals surface area contributed by atoms with Gasteiger partial charge in [-0.3, -0.25) is 14.6 Å². The van der Waals surface area contributed by atoms with Crippen LogP contribution in [0.25, 0.3) is 0 Å². The van der Waals surface area contributed by atoms with Gasteiger partial charge in [-0.25, -0.2) is 4.98 Å². The third-order valence-electron chi connectivity index (χ3n) is 5.27. The van der Waals surface area contributed by atoms with E-state index in [9.17, 15) is 9.59 Å². The van der Waals surface area contributed by atoms with Crippen molar-refractivity contribution in [2.75, 3.05) is 36.0 Å². The molecule has 2 amide bonds. The standard InChI is InChI=1S/C19H21N5O2/c1-15(25)24-12-18(26)23(16-5-3-2-4-6-16)14-19(24)7-10-22(13-19)17-11-20-8-9-21-17/h2-6,8-9,11H,7,10,12-14H2,1H3/t19-/m0/s1. The van der Waals surface area contributed by atoms with E-state index in [1.54, 1.807) is 28.4 Å². The maximum Gasteiger partial charge on any atom is 0.246 e. The Balaban J connectivity index is 1.65. The number of nitrogens with zero attached hydrogens (tertiary/aromatic N) is 5. The Labute approximate surface area is 152 Å². The van der Waals surface area contributed by atoms with E-state index in [0.29, 0.717) is 13.1 Å². The van der Waals surface area contributed by atoms with Gasteiger partial charge in [0.1, 0.15) is 12.4 Å². The molecule has 1 spiro atoms. The number of amides is 2. The number of aromatic nitrogens is 2. The van der Waals surface area contributed by atoms with E-state index in [-0.39, 0.29) is 18.4 Å². The van der Waals surface area contributed by atoms with E-state index in [1.165, 1.54) is 6.92 Å². The summed E-state index contributed by atoms with van der Waals surface area (Å²) in [5.41, 5.74) is 0.464. The molecule has 2 saturated heterocycles. The van der Waals surface area contributed by atoms with Crippen LogP contribution in [0.3, 0.4) is 0 Å². The first kappa shape index (κ1) is 16.5. The Morgan fingerprint density at radius 1 is 1.15 bits per heavy atom. The average Bonchev–Trinajstić information content (AvgIpc) is 3.09. The van der Waals surface area contributed by atoms with Crippen LogP contribution in [-0.2, 0) is 9.59 Å². The van der Waals surface area contributed by atoms with Gasteiger partial charge in [-0.15, -0.1) is 0 Å². The zero-order valence-electron chi connectivity index (χ0n) is 14.7. The summed E-state index contributed by atoms with van der Waals surface area (Å²) in [7, 11) is 0. The van der Waals surface area contributed by atoms with Gasteiger partial charge in [0.15, 0.2) is 0 Å². The first-order valence-electron chi connectivity index (χ1n) is 8.74. The SMILES string of the molecule is CC(=O)N1CC(=O)N(c2ccccc2)C[C@@]12CCN(c1cnccn1)C2. The Kier molecular flexibility index (Phi) is 4.06. The molecule has 0 unspecified atom stereocenters. The lowest BCUT2D eigenvalue weighted by Gasteiger charge is -2.48. The van der Waals surface area contributed by atoms with E-state index in [0.717, 1.165) is 24.5 Å². The highest BCUT2D eigenvalue weighted by molar-refractivity contribution is 5.98. The van der Waals surface area contributed by atoms with E-state index in [4.69, 9.17) is 0 Å². The minimum absolute atomic E-state index is 0.0463. The molecule has 0 aliphatic carbocycles. The van der Waals surface area contributed by atoms with E-state index in [2.05, 4.69) is 14.9 Å². The molecule has 7 nitrogen and oxygen atoms in total. The summed E-state index contributed by atoms with van der Waals surface area (Å²) in [6.45, 7) is 3.56. The topological polar surface area (TPSA) is 69.6 Å². The average molecular weight is 351 g/mol. The van der Waals surface area contributed by atoms with Crippen molar-refractivity contribution in [2.45, 2.75) is 18.9 Å². The van der Waals surface area contributed by atoms with Gasteiger partial charge in [0.05, 0.1) is 18.3 Å². The summed E-state index contributed by atoms with van der Waals surface area (Å²) in [6, 6.07) is 9.65. The van der Waals surface area contributed by atoms with Crippen LogP contribution < -0.4 is 9.80 Å². The Morgan fingerprint density at radius 3 is 2.65 bits per heavy atom. The van der Waals surface area contributed by atoms with Crippen molar-refractivity contribution in [2.24, 2.45) is 0 Å². The molecule has 3 heterocycles. The number of piperazine rings is 1. The minimum atomic E-state index is -0.410. The fraction of sp³-hybridized carbons (Fsp3) is 0.368. The molecule has 26 heavy (non-hydrogen) atoms. The van der Waals surface area contributed by atoms with E-state index < -0.39 is 5.54 Å². The Hall–Kier alpha value is -2.96. The van der Waals surface area contributed by atoms with Crippen molar-refractivity contribution in [1.82, 2.24) is 14.9 Å².